The molecule has 7 nitrogen and oxygen atoms in total. The van der Waals surface area contributed by atoms with Gasteiger partial charge in [-0.25, -0.2) is 8.42 Å². The zero-order valence-corrected chi connectivity index (χ0v) is 13.7. The van der Waals surface area contributed by atoms with Crippen LogP contribution in [0.5, 0.6) is 0 Å². The lowest BCUT2D eigenvalue weighted by Gasteiger charge is -2.32. The number of nitrogens with one attached hydrogen (secondary N) is 1. The maximum absolute atomic E-state index is 12.5. The molecular weight excluding hydrogens is 318 g/mol. The monoisotopic (exact) mass is 337 g/mol. The lowest BCUT2D eigenvalue weighted by atomic mass is 10.1. The molecule has 8 heteroatoms. The number of ether oxygens (including phenoxy) is 1. The normalized spacial score (nSPS) is 19.2. The van der Waals surface area contributed by atoms with Crippen molar-refractivity contribution in [3.63, 3.8) is 0 Å². The molecule has 1 unspecified atom stereocenters. The summed E-state index contributed by atoms with van der Waals surface area (Å²) in [5.74, 6) is -0.0766. The molecule has 2 aromatic rings. The van der Waals surface area contributed by atoms with Crippen molar-refractivity contribution in [2.24, 2.45) is 0 Å². The molecule has 3 rings (SSSR count). The van der Waals surface area contributed by atoms with Gasteiger partial charge in [-0.1, -0.05) is 6.07 Å². The molecule has 0 aliphatic carbocycles. The number of amides is 1. The molecule has 1 N–H and O–H groups in total. The highest BCUT2D eigenvalue weighted by Gasteiger charge is 2.26. The zero-order chi connectivity index (χ0) is 16.4. The van der Waals surface area contributed by atoms with E-state index >= 15 is 0 Å². The molecule has 0 radical (unpaired) electrons. The van der Waals surface area contributed by atoms with E-state index in [-0.39, 0.29) is 18.1 Å². The third kappa shape index (κ3) is 4.08. The van der Waals surface area contributed by atoms with E-state index in [2.05, 4.69) is 10.2 Å². The summed E-state index contributed by atoms with van der Waals surface area (Å²) < 4.78 is 28.2. The first-order chi connectivity index (χ1) is 10.9. The Morgan fingerprint density at radius 1 is 1.48 bits per heavy atom. The molecule has 1 saturated heterocycles. The molecule has 0 bridgehead atoms. The van der Waals surface area contributed by atoms with Crippen LogP contribution in [0.4, 0.5) is 0 Å². The van der Waals surface area contributed by atoms with E-state index in [0.717, 1.165) is 16.5 Å². The average molecular weight is 337 g/mol. The second-order valence-electron chi connectivity index (χ2n) is 5.89. The number of aromatic nitrogens is 2. The van der Waals surface area contributed by atoms with Gasteiger partial charge < -0.3 is 9.64 Å². The molecule has 1 atom stereocenters. The van der Waals surface area contributed by atoms with Crippen molar-refractivity contribution in [2.45, 2.75) is 12.5 Å². The van der Waals surface area contributed by atoms with Crippen LogP contribution in [0, 0.1) is 0 Å². The van der Waals surface area contributed by atoms with Gasteiger partial charge in [-0.15, -0.1) is 0 Å². The van der Waals surface area contributed by atoms with Gasteiger partial charge in [0.15, 0.2) is 0 Å². The number of fused-ring (bicyclic) bond motifs is 1. The van der Waals surface area contributed by atoms with E-state index < -0.39 is 15.9 Å². The van der Waals surface area contributed by atoms with Gasteiger partial charge >= 0.3 is 0 Å². The molecule has 0 spiro atoms. The van der Waals surface area contributed by atoms with Crippen molar-refractivity contribution < 1.29 is 17.9 Å². The highest BCUT2D eigenvalue weighted by atomic mass is 32.2. The molecule has 1 fully saturated rings. The first kappa shape index (κ1) is 15.9. The Morgan fingerprint density at radius 2 is 2.30 bits per heavy atom. The van der Waals surface area contributed by atoms with Crippen LogP contribution in [-0.2, 0) is 25.8 Å². The summed E-state index contributed by atoms with van der Waals surface area (Å²) in [6.07, 6.45) is 2.74. The van der Waals surface area contributed by atoms with E-state index in [0.29, 0.717) is 19.7 Å². The molecule has 1 aliphatic rings. The third-order valence-corrected chi connectivity index (χ3v) is 4.82. The lowest BCUT2D eigenvalue weighted by molar-refractivity contribution is -0.137. The van der Waals surface area contributed by atoms with Gasteiger partial charge in [-0.2, -0.15) is 5.10 Å². The van der Waals surface area contributed by atoms with Crippen molar-refractivity contribution in [1.82, 2.24) is 15.1 Å². The maximum atomic E-state index is 12.5. The zero-order valence-electron chi connectivity index (χ0n) is 12.9. The van der Waals surface area contributed by atoms with Gasteiger partial charge in [-0.3, -0.25) is 9.89 Å². The number of hydrogen-bond donors (Lipinski definition) is 1. The Hall–Kier alpha value is -1.93. The summed E-state index contributed by atoms with van der Waals surface area (Å²) in [6, 6.07) is 5.73. The topological polar surface area (TPSA) is 92.4 Å². The summed E-state index contributed by atoms with van der Waals surface area (Å²) >= 11 is 0. The van der Waals surface area contributed by atoms with Gasteiger partial charge in [0.2, 0.25) is 5.91 Å². The number of H-pyrrole nitrogens is 1. The summed E-state index contributed by atoms with van der Waals surface area (Å²) in [5.41, 5.74) is 1.84. The van der Waals surface area contributed by atoms with Crippen molar-refractivity contribution in [2.75, 3.05) is 31.7 Å². The third-order valence-electron chi connectivity index (χ3n) is 3.84. The summed E-state index contributed by atoms with van der Waals surface area (Å²) in [6.45, 7) is 1.18. The van der Waals surface area contributed by atoms with Gasteiger partial charge in [0.05, 0.1) is 36.6 Å². The SMILES string of the molecule is CS(=O)(=O)CC1CN(C(=O)Cc2ccc3[nH]ncc3c2)CCO1. The largest absolute Gasteiger partial charge is 0.373 e. The second kappa shape index (κ2) is 6.29. The van der Waals surface area contributed by atoms with Gasteiger partial charge in [0.1, 0.15) is 9.84 Å². The maximum Gasteiger partial charge on any atom is 0.227 e. The molecule has 1 aliphatic heterocycles. The fourth-order valence-electron chi connectivity index (χ4n) is 2.77. The Kier molecular flexibility index (Phi) is 4.36. The van der Waals surface area contributed by atoms with E-state index in [9.17, 15) is 13.2 Å². The molecule has 0 saturated carbocycles. The standard InChI is InChI=1S/C15H19N3O4S/c1-23(20,21)10-13-9-18(4-5-22-13)15(19)7-11-2-3-14-12(6-11)8-16-17-14/h2-3,6,8,13H,4-5,7,9-10H2,1H3,(H,16,17). The molecule has 124 valence electrons. The number of nitrogens with zero attached hydrogens (tertiary/aromatic N) is 2. The van der Waals surface area contributed by atoms with Crippen LogP contribution in [0.15, 0.2) is 24.4 Å². The molecule has 1 aromatic heterocycles. The van der Waals surface area contributed by atoms with Crippen LogP contribution < -0.4 is 0 Å². The fraction of sp³-hybridized carbons (Fsp3) is 0.467. The van der Waals surface area contributed by atoms with E-state index in [1.807, 2.05) is 18.2 Å². The minimum atomic E-state index is -3.12. The number of morpholine rings is 1. The Bertz CT molecular complexity index is 815. The van der Waals surface area contributed by atoms with Gasteiger partial charge in [0, 0.05) is 24.7 Å². The predicted octanol–water partition coefficient (Wildman–Crippen LogP) is 0.377. The number of carbonyl (C=O) groups excluding carboxylic acids is 1. The van der Waals surface area contributed by atoms with Crippen molar-refractivity contribution >= 4 is 26.6 Å². The van der Waals surface area contributed by atoms with Crippen LogP contribution in [0.2, 0.25) is 0 Å². The quantitative estimate of drug-likeness (QED) is 0.870. The Labute approximate surface area is 134 Å². The summed E-state index contributed by atoms with van der Waals surface area (Å²) in [7, 11) is -3.12. The number of sulfone groups is 1. The minimum Gasteiger partial charge on any atom is -0.373 e. The number of rotatable bonds is 4. The Morgan fingerprint density at radius 3 is 3.09 bits per heavy atom. The number of benzene rings is 1. The minimum absolute atomic E-state index is 0.0188. The predicted molar refractivity (Wildman–Crippen MR) is 85.8 cm³/mol. The van der Waals surface area contributed by atoms with E-state index in [1.54, 1.807) is 11.1 Å². The summed E-state index contributed by atoms with van der Waals surface area (Å²) in [5, 5.41) is 7.80. The van der Waals surface area contributed by atoms with Crippen molar-refractivity contribution in [1.29, 1.82) is 0 Å². The fourth-order valence-corrected chi connectivity index (χ4v) is 3.65. The lowest BCUT2D eigenvalue weighted by Crippen LogP contribution is -2.48. The van der Waals surface area contributed by atoms with Crippen molar-refractivity contribution in [3.8, 4) is 0 Å². The average Bonchev–Trinajstić information content (AvgIpc) is 2.93. The highest BCUT2D eigenvalue weighted by Crippen LogP contribution is 2.15. The van der Waals surface area contributed by atoms with Crippen LogP contribution >= 0.6 is 0 Å². The summed E-state index contributed by atoms with van der Waals surface area (Å²) in [4.78, 5) is 14.1. The molecule has 2 heterocycles. The van der Waals surface area contributed by atoms with Gasteiger partial charge in [-0.05, 0) is 17.7 Å². The van der Waals surface area contributed by atoms with E-state index in [1.165, 1.54) is 6.26 Å². The molecule has 1 aromatic carbocycles. The smallest absolute Gasteiger partial charge is 0.227 e. The Balaban J connectivity index is 1.65. The molecular formula is C15H19N3O4S. The first-order valence-corrected chi connectivity index (χ1v) is 9.46. The first-order valence-electron chi connectivity index (χ1n) is 7.40. The highest BCUT2D eigenvalue weighted by molar-refractivity contribution is 7.90. The number of aromatic amines is 1. The van der Waals surface area contributed by atoms with Crippen LogP contribution in [0.3, 0.4) is 0 Å². The molecule has 23 heavy (non-hydrogen) atoms. The van der Waals surface area contributed by atoms with Gasteiger partial charge in [0.25, 0.3) is 0 Å². The molecule has 1 amide bonds. The van der Waals surface area contributed by atoms with Crippen LogP contribution in [0.1, 0.15) is 5.56 Å². The van der Waals surface area contributed by atoms with Crippen LogP contribution in [-0.4, -0.2) is 67.2 Å². The number of hydrogen-bond acceptors (Lipinski definition) is 5. The van der Waals surface area contributed by atoms with Crippen molar-refractivity contribution in [3.05, 3.63) is 30.0 Å². The number of carbonyl (C=O) groups is 1. The van der Waals surface area contributed by atoms with E-state index in [4.69, 9.17) is 4.74 Å². The second-order valence-corrected chi connectivity index (χ2v) is 8.08. The van der Waals surface area contributed by atoms with Crippen LogP contribution in [0.25, 0.3) is 10.9 Å².